The molecule has 1 atom stereocenters. The summed E-state index contributed by atoms with van der Waals surface area (Å²) in [6.07, 6.45) is 87.1. The van der Waals surface area contributed by atoms with E-state index in [-0.39, 0.29) is 31.1 Å². The molecule has 0 aromatic carbocycles. The highest BCUT2D eigenvalue weighted by molar-refractivity contribution is 5.71. The Morgan fingerprint density at radius 1 is 0.250 bits per heavy atom. The molecule has 0 aromatic rings. The number of allylic oxidation sites excluding steroid dienone is 8. The molecule has 0 heterocycles. The van der Waals surface area contributed by atoms with Crippen LogP contribution in [0.3, 0.4) is 0 Å². The zero-order chi connectivity index (χ0) is 57.8. The van der Waals surface area contributed by atoms with Crippen LogP contribution in [0.2, 0.25) is 0 Å². The van der Waals surface area contributed by atoms with Gasteiger partial charge >= 0.3 is 17.9 Å². The van der Waals surface area contributed by atoms with Gasteiger partial charge in [0.05, 0.1) is 0 Å². The molecule has 0 aromatic heterocycles. The molecule has 0 aliphatic heterocycles. The Hall–Kier alpha value is -2.63. The highest BCUT2D eigenvalue weighted by atomic mass is 16.6. The number of ether oxygens (including phenoxy) is 3. The van der Waals surface area contributed by atoms with Gasteiger partial charge in [0.15, 0.2) is 6.10 Å². The molecule has 0 spiro atoms. The van der Waals surface area contributed by atoms with Gasteiger partial charge in [-0.2, -0.15) is 0 Å². The molecule has 0 rings (SSSR count). The van der Waals surface area contributed by atoms with E-state index < -0.39 is 6.10 Å². The zero-order valence-corrected chi connectivity index (χ0v) is 53.9. The van der Waals surface area contributed by atoms with Crippen molar-refractivity contribution in [2.24, 2.45) is 0 Å². The molecule has 80 heavy (non-hydrogen) atoms. The summed E-state index contributed by atoms with van der Waals surface area (Å²) in [5.74, 6) is -0.855. The SMILES string of the molecule is CCCCCCC/C=C\C/C=C\C/C=C\CCCCCCCCCCCCCCC(=O)OCC(COC(=O)CCCCCCC/C=C\CCCCCCCC)OC(=O)CCCCCCCCCCCCCCCCCCCCCC. The van der Waals surface area contributed by atoms with Crippen LogP contribution in [0, 0.1) is 0 Å². The maximum Gasteiger partial charge on any atom is 0.306 e. The third kappa shape index (κ3) is 66.2. The minimum atomic E-state index is -0.776. The minimum Gasteiger partial charge on any atom is -0.462 e. The van der Waals surface area contributed by atoms with E-state index >= 15 is 0 Å². The fourth-order valence-corrected chi connectivity index (χ4v) is 10.7. The maximum absolute atomic E-state index is 13.0. The molecule has 468 valence electrons. The lowest BCUT2D eigenvalue weighted by molar-refractivity contribution is -0.167. The first kappa shape index (κ1) is 77.4. The Bertz CT molecular complexity index is 1380. The van der Waals surface area contributed by atoms with Crippen molar-refractivity contribution >= 4 is 17.9 Å². The first-order valence-corrected chi connectivity index (χ1v) is 35.6. The van der Waals surface area contributed by atoms with Crippen molar-refractivity contribution < 1.29 is 28.6 Å². The van der Waals surface area contributed by atoms with Crippen LogP contribution >= 0.6 is 0 Å². The van der Waals surface area contributed by atoms with Crippen molar-refractivity contribution in [3.8, 4) is 0 Å². The molecule has 1 unspecified atom stereocenters. The summed E-state index contributed by atoms with van der Waals surface area (Å²) in [5, 5.41) is 0. The molecule has 6 heteroatoms. The maximum atomic E-state index is 13.0. The molecule has 0 aliphatic rings. The molecule has 0 amide bonds. The van der Waals surface area contributed by atoms with Crippen molar-refractivity contribution in [3.63, 3.8) is 0 Å². The van der Waals surface area contributed by atoms with Gasteiger partial charge < -0.3 is 14.2 Å². The average Bonchev–Trinajstić information content (AvgIpc) is 3.46. The summed E-state index contributed by atoms with van der Waals surface area (Å²) < 4.78 is 17.0. The van der Waals surface area contributed by atoms with Crippen LogP contribution in [0.15, 0.2) is 48.6 Å². The van der Waals surface area contributed by atoms with E-state index in [1.54, 1.807) is 0 Å². The summed E-state index contributed by atoms with van der Waals surface area (Å²) in [4.78, 5) is 38.4. The van der Waals surface area contributed by atoms with E-state index in [4.69, 9.17) is 14.2 Å². The van der Waals surface area contributed by atoms with E-state index in [1.807, 2.05) is 0 Å². The van der Waals surface area contributed by atoms with Gasteiger partial charge in [0, 0.05) is 19.3 Å². The van der Waals surface area contributed by atoms with Crippen molar-refractivity contribution in [2.45, 2.75) is 393 Å². The van der Waals surface area contributed by atoms with Gasteiger partial charge in [0.2, 0.25) is 0 Å². The molecule has 6 nitrogen and oxygen atoms in total. The highest BCUT2D eigenvalue weighted by Gasteiger charge is 2.19. The summed E-state index contributed by atoms with van der Waals surface area (Å²) in [7, 11) is 0. The van der Waals surface area contributed by atoms with Crippen molar-refractivity contribution in [3.05, 3.63) is 48.6 Å². The van der Waals surface area contributed by atoms with E-state index in [2.05, 4.69) is 69.4 Å². The monoisotopic (exact) mass is 1120 g/mol. The molecule has 0 N–H and O–H groups in total. The molecular formula is C74H136O6. The lowest BCUT2D eigenvalue weighted by Crippen LogP contribution is -2.30. The van der Waals surface area contributed by atoms with Crippen LogP contribution in [0.1, 0.15) is 387 Å². The van der Waals surface area contributed by atoms with Gasteiger partial charge in [-0.25, -0.2) is 0 Å². The largest absolute Gasteiger partial charge is 0.462 e. The van der Waals surface area contributed by atoms with E-state index in [0.717, 1.165) is 77.0 Å². The second kappa shape index (κ2) is 68.9. The van der Waals surface area contributed by atoms with Crippen LogP contribution < -0.4 is 0 Å². The van der Waals surface area contributed by atoms with Crippen molar-refractivity contribution in [1.29, 1.82) is 0 Å². The Labute approximate surface area is 498 Å². The van der Waals surface area contributed by atoms with Crippen LogP contribution in [0.25, 0.3) is 0 Å². The number of esters is 3. The molecule has 0 saturated heterocycles. The van der Waals surface area contributed by atoms with Gasteiger partial charge in [-0.05, 0) is 83.5 Å². The van der Waals surface area contributed by atoms with E-state index in [9.17, 15) is 14.4 Å². The van der Waals surface area contributed by atoms with Crippen LogP contribution in [0.4, 0.5) is 0 Å². The fourth-order valence-electron chi connectivity index (χ4n) is 10.7. The lowest BCUT2D eigenvalue weighted by atomic mass is 10.0. The van der Waals surface area contributed by atoms with Gasteiger partial charge in [0.1, 0.15) is 13.2 Å². The van der Waals surface area contributed by atoms with Gasteiger partial charge in [-0.15, -0.1) is 0 Å². The average molecular weight is 1120 g/mol. The van der Waals surface area contributed by atoms with Gasteiger partial charge in [-0.1, -0.05) is 333 Å². The second-order valence-electron chi connectivity index (χ2n) is 24.1. The standard InChI is InChI=1S/C74H136O6/c1-4-7-10-13-16-19-22-25-28-30-32-34-35-36-37-38-39-40-42-43-46-49-52-55-58-61-64-67-73(76)79-70-71(69-78-72(75)66-63-60-57-54-51-48-45-27-24-21-18-15-12-9-6-3)80-74(77)68-65-62-59-56-53-50-47-44-41-33-31-29-26-23-20-17-14-11-8-5-2/h22,25,27,30,32,35-36,45,71H,4-21,23-24,26,28-29,31,33-34,37-44,46-70H2,1-3H3/b25-22-,32-30-,36-35-,45-27-. The highest BCUT2D eigenvalue weighted by Crippen LogP contribution is 2.18. The Morgan fingerprint density at radius 2 is 0.450 bits per heavy atom. The summed E-state index contributed by atoms with van der Waals surface area (Å²) in [6.45, 7) is 6.69. The first-order chi connectivity index (χ1) is 39.5. The third-order valence-electron chi connectivity index (χ3n) is 16.1. The predicted molar refractivity (Wildman–Crippen MR) is 349 cm³/mol. The quantitative estimate of drug-likeness (QED) is 0.0261. The number of carbonyl (C=O) groups is 3. The first-order valence-electron chi connectivity index (χ1n) is 35.6. The summed E-state index contributed by atoms with van der Waals surface area (Å²) >= 11 is 0. The van der Waals surface area contributed by atoms with Crippen molar-refractivity contribution in [1.82, 2.24) is 0 Å². The molecule has 0 fully saturated rings. The van der Waals surface area contributed by atoms with Crippen LogP contribution in [0.5, 0.6) is 0 Å². The lowest BCUT2D eigenvalue weighted by Gasteiger charge is -2.18. The number of hydrogen-bond donors (Lipinski definition) is 0. The van der Waals surface area contributed by atoms with Crippen LogP contribution in [-0.4, -0.2) is 37.2 Å². The minimum absolute atomic E-state index is 0.0722. The number of hydrogen-bond acceptors (Lipinski definition) is 6. The third-order valence-corrected chi connectivity index (χ3v) is 16.1. The van der Waals surface area contributed by atoms with Crippen molar-refractivity contribution in [2.75, 3.05) is 13.2 Å². The normalized spacial score (nSPS) is 12.3. The van der Waals surface area contributed by atoms with Gasteiger partial charge in [-0.3, -0.25) is 14.4 Å². The molecular weight excluding hydrogens is 985 g/mol. The van der Waals surface area contributed by atoms with E-state index in [0.29, 0.717) is 19.3 Å². The summed E-state index contributed by atoms with van der Waals surface area (Å²) in [5.41, 5.74) is 0. The predicted octanol–water partition coefficient (Wildman–Crippen LogP) is 24.5. The Morgan fingerprint density at radius 3 is 0.713 bits per heavy atom. The Balaban J connectivity index is 4.27. The molecule has 0 saturated carbocycles. The Kier molecular flexibility index (Phi) is 66.6. The number of carbonyl (C=O) groups excluding carboxylic acids is 3. The number of rotatable bonds is 66. The molecule has 0 aliphatic carbocycles. The fraction of sp³-hybridized carbons (Fsp3) is 0.851. The summed E-state index contributed by atoms with van der Waals surface area (Å²) in [6, 6.07) is 0. The zero-order valence-electron chi connectivity index (χ0n) is 53.9. The van der Waals surface area contributed by atoms with Gasteiger partial charge in [0.25, 0.3) is 0 Å². The molecule has 0 bridgehead atoms. The van der Waals surface area contributed by atoms with Crippen LogP contribution in [-0.2, 0) is 28.6 Å². The second-order valence-corrected chi connectivity index (χ2v) is 24.1. The molecule has 0 radical (unpaired) electrons. The number of unbranched alkanes of at least 4 members (excludes halogenated alkanes) is 47. The topological polar surface area (TPSA) is 78.9 Å². The smallest absolute Gasteiger partial charge is 0.306 e. The van der Waals surface area contributed by atoms with E-state index in [1.165, 1.54) is 270 Å².